The van der Waals surface area contributed by atoms with Crippen LogP contribution < -0.4 is 93.1 Å². The third kappa shape index (κ3) is 28.1. The topological polar surface area (TPSA) is 673 Å². The van der Waals surface area contributed by atoms with Crippen LogP contribution in [-0.2, 0) is 97.1 Å². The van der Waals surface area contributed by atoms with E-state index in [1.165, 1.54) is 0 Å². The van der Waals surface area contributed by atoms with Gasteiger partial charge in [0.05, 0.1) is 25.7 Å². The van der Waals surface area contributed by atoms with Crippen molar-refractivity contribution in [3.8, 4) is 11.5 Å². The minimum Gasteiger partial charge on any atom is -0.490 e. The summed E-state index contributed by atoms with van der Waals surface area (Å²) in [5.74, 6) is -1.04. The van der Waals surface area contributed by atoms with Crippen molar-refractivity contribution in [2.45, 2.75) is 125 Å². The van der Waals surface area contributed by atoms with Gasteiger partial charge < -0.3 is 76.2 Å². The fourth-order valence-electron chi connectivity index (χ4n) is 14.0. The minimum atomic E-state index is -4.32. The summed E-state index contributed by atoms with van der Waals surface area (Å²) in [7, 11) is -17.1. The number of amides is 4. The second-order valence-electron chi connectivity index (χ2n) is 30.5. The first-order valence-electron chi connectivity index (χ1n) is 41.7. The molecule has 0 aliphatic rings. The van der Waals surface area contributed by atoms with E-state index in [1.807, 2.05) is 117 Å². The molecular weight excluding hydrogens is 1810 g/mol. The summed E-state index contributed by atoms with van der Waals surface area (Å²) in [5, 5.41) is 61.9. The van der Waals surface area contributed by atoms with Crippen LogP contribution in [0.5, 0.6) is 11.5 Å². The molecule has 0 fully saturated rings. The number of anilines is 4. The number of nitrogens with one attached hydrogen (secondary N) is 11. The number of nitrogen functional groups attached to an aromatic ring is 3. The summed E-state index contributed by atoms with van der Waals surface area (Å²) < 4.78 is 134. The van der Waals surface area contributed by atoms with Crippen molar-refractivity contribution in [1.29, 1.82) is 16.2 Å². The molecule has 43 heteroatoms. The molecule has 134 heavy (non-hydrogen) atoms. The van der Waals surface area contributed by atoms with Gasteiger partial charge in [-0.05, 0) is 261 Å². The standard InChI is InChI=1S/C29H33N5O6S.C22H27N5O5S.2C20H23N5O4S/c1-3-8-24-16-22-15-21(17-25(38-4-2)27(22)40-24)26(29(35)34-41(31,36)37)32-23-13-11-20(12-14-23)28(30)33-39-18-19-9-6-5-7-10-19;1-3-5-17-11-15-10-14(12-18(31-4-2)20(15)32-17)19(22(28)27-33(25,29)30)26-16-8-6-13(7-9-16)21(23)24;2*1-3-12-8-14(9-16-11(2)10-29-18(12)16)17(20(26)25-30(23,27)28)24-15-6-4-13(5-7-15)19(21)22/h5-7,9-17,26,32H,3-4,8,18H2,1-2H3,(H2,30,33)(H,34,35)(H2,31,36,37);6-12,19,26H,3-5H2,1-2H3,(H3,23,24)(H,27,28)(H2,25,29,30);2*4-10,17,24H,3H2,1-2H3,(H3,21,22)(H,25,26)(H2,23,27,28)/t26-;19-;2*17-/m0010/s1. The zero-order valence-corrected chi connectivity index (χ0v) is 77.4. The molecule has 0 radical (unpaired) electrons. The lowest BCUT2D eigenvalue weighted by Crippen LogP contribution is -2.41. The van der Waals surface area contributed by atoms with Crippen molar-refractivity contribution < 1.29 is 84.8 Å². The molecule has 0 saturated heterocycles. The number of carbonyl (C=O) groups is 4. The van der Waals surface area contributed by atoms with Crippen LogP contribution in [0.4, 0.5) is 22.7 Å². The highest BCUT2D eigenvalue weighted by Crippen LogP contribution is 2.39. The maximum atomic E-state index is 13.1. The quantitative estimate of drug-likeness (QED) is 0.00977. The van der Waals surface area contributed by atoms with E-state index in [1.54, 1.807) is 158 Å². The van der Waals surface area contributed by atoms with Gasteiger partial charge in [0, 0.05) is 79.4 Å². The molecule has 708 valence electrons. The number of oxime groups is 1. The first-order valence-corrected chi connectivity index (χ1v) is 47.9. The Bertz CT molecular complexity index is 6780. The molecule has 0 spiro atoms. The predicted molar refractivity (Wildman–Crippen MR) is 515 cm³/mol. The van der Waals surface area contributed by atoms with E-state index in [4.69, 9.17) is 91.7 Å². The summed E-state index contributed by atoms with van der Waals surface area (Å²) in [4.78, 5) is 57.0. The van der Waals surface area contributed by atoms with Gasteiger partial charge in [-0.2, -0.15) is 33.7 Å². The maximum absolute atomic E-state index is 13.1. The van der Waals surface area contributed by atoms with Crippen LogP contribution in [0.3, 0.4) is 0 Å². The maximum Gasteiger partial charge on any atom is 0.298 e. The summed E-state index contributed by atoms with van der Waals surface area (Å²) in [6.45, 7) is 16.5. The number of hydrogen-bond acceptors (Lipinski definition) is 27. The highest BCUT2D eigenvalue weighted by molar-refractivity contribution is 7.88. The summed E-state index contributed by atoms with van der Waals surface area (Å²) in [6, 6.07) is 49.3. The third-order valence-electron chi connectivity index (χ3n) is 20.2. The Morgan fingerprint density at radius 1 is 0.396 bits per heavy atom. The summed E-state index contributed by atoms with van der Waals surface area (Å²) >= 11 is 0. The van der Waals surface area contributed by atoms with Crippen LogP contribution in [0.2, 0.25) is 0 Å². The Morgan fingerprint density at radius 2 is 0.701 bits per heavy atom. The van der Waals surface area contributed by atoms with Crippen molar-refractivity contribution in [2.24, 2.45) is 48.6 Å². The lowest BCUT2D eigenvalue weighted by molar-refractivity contribution is -0.121. The number of aryl methyl sites for hydroxylation is 6. The number of rotatable bonds is 37. The molecular formula is C91H106N20O19S4. The van der Waals surface area contributed by atoms with Gasteiger partial charge in [0.1, 0.15) is 71.0 Å². The molecule has 13 aromatic rings. The molecule has 0 bridgehead atoms. The number of furan rings is 4. The number of amidine groups is 4. The average Bonchev–Trinajstić information content (AvgIpc) is 1.63. The van der Waals surface area contributed by atoms with Gasteiger partial charge in [-0.25, -0.2) is 39.4 Å². The Kier molecular flexibility index (Phi) is 33.9. The van der Waals surface area contributed by atoms with Gasteiger partial charge in [0.2, 0.25) is 0 Å². The Hall–Kier alpha value is -14.9. The molecule has 0 saturated carbocycles. The number of fused-ring (bicyclic) bond motifs is 4. The minimum absolute atomic E-state index is 0.0847. The van der Waals surface area contributed by atoms with Crippen LogP contribution in [0, 0.1) is 30.1 Å². The van der Waals surface area contributed by atoms with E-state index in [0.29, 0.717) is 116 Å². The van der Waals surface area contributed by atoms with Gasteiger partial charge in [-0.3, -0.25) is 35.4 Å². The predicted octanol–water partition coefficient (Wildman–Crippen LogP) is 10.8. The normalized spacial score (nSPS) is 12.5. The number of hydrogen-bond donors (Lipinski definition) is 19. The van der Waals surface area contributed by atoms with Crippen LogP contribution >= 0.6 is 0 Å². The molecule has 9 aromatic carbocycles. The Balaban J connectivity index is 0.000000187. The number of benzene rings is 9. The monoisotopic (exact) mass is 1910 g/mol. The molecule has 13 rings (SSSR count). The van der Waals surface area contributed by atoms with E-state index in [9.17, 15) is 52.8 Å². The zero-order chi connectivity index (χ0) is 97.7. The average molecular weight is 1910 g/mol. The van der Waals surface area contributed by atoms with Gasteiger partial charge in [-0.1, -0.05) is 63.2 Å². The SMILES string of the molecule is CCCc1cc2cc([C@H](Nc3ccc(C(=N)N)cc3)C(=O)NS(N)(=O)=O)cc(OCC)c2o1.CCCc1cc2cc([C@H](Nc3ccc(C(N)=NOCc4ccccc4)cc3)C(=O)NS(N)(=O)=O)cc(OCC)c2o1.CCc1cc([C@@H](Nc2ccc(C(=N)N)cc2)C(=O)NS(N)(=O)=O)cc2c(C)coc12.CCc1cc([C@H](Nc2ccc(C(=N)N)cc2)C(=O)NS(N)(=O)=O)cc2c(C)coc12. The highest BCUT2D eigenvalue weighted by Gasteiger charge is 2.32. The van der Waals surface area contributed by atoms with E-state index < -0.39 is 88.6 Å². The highest BCUT2D eigenvalue weighted by atomic mass is 32.2. The van der Waals surface area contributed by atoms with Crippen molar-refractivity contribution in [2.75, 3.05) is 34.5 Å². The molecule has 0 unspecified atom stereocenters. The Morgan fingerprint density at radius 3 is 0.985 bits per heavy atom. The van der Waals surface area contributed by atoms with Gasteiger partial charge in [0.15, 0.2) is 28.5 Å². The molecule has 4 amide bonds. The van der Waals surface area contributed by atoms with Gasteiger partial charge in [-0.15, -0.1) is 0 Å². The summed E-state index contributed by atoms with van der Waals surface area (Å²) in [5.41, 5.74) is 35.9. The van der Waals surface area contributed by atoms with E-state index >= 15 is 0 Å². The van der Waals surface area contributed by atoms with Crippen LogP contribution in [-0.4, -0.2) is 93.9 Å². The fourth-order valence-corrected chi connectivity index (χ4v) is 15.6. The lowest BCUT2D eigenvalue weighted by atomic mass is 9.98. The number of ether oxygens (including phenoxy) is 2. The molecule has 4 atom stereocenters. The molecule has 0 aliphatic heterocycles. The molecule has 0 aliphatic carbocycles. The lowest BCUT2D eigenvalue weighted by Gasteiger charge is -2.20. The first kappa shape index (κ1) is 101. The van der Waals surface area contributed by atoms with Crippen molar-refractivity contribution >= 4 is 154 Å². The third-order valence-corrected chi connectivity index (χ3v) is 22.1. The van der Waals surface area contributed by atoms with Gasteiger partial charge >= 0.3 is 0 Å². The number of carbonyl (C=O) groups excluding carboxylic acids is 4. The molecule has 4 heterocycles. The zero-order valence-electron chi connectivity index (χ0n) is 74.2. The molecule has 4 aromatic heterocycles. The summed E-state index contributed by atoms with van der Waals surface area (Å²) in [6.07, 6.45) is 7.87. The van der Waals surface area contributed by atoms with E-state index in [2.05, 4.69) is 26.4 Å². The van der Waals surface area contributed by atoms with E-state index in [0.717, 1.165) is 97.7 Å². The Labute approximate surface area is 773 Å². The second kappa shape index (κ2) is 44.8. The van der Waals surface area contributed by atoms with Crippen molar-refractivity contribution in [1.82, 2.24) is 18.9 Å². The first-order chi connectivity index (χ1) is 63.4. The van der Waals surface area contributed by atoms with Crippen molar-refractivity contribution in [3.05, 3.63) is 284 Å². The van der Waals surface area contributed by atoms with Crippen LogP contribution in [0.15, 0.2) is 223 Å². The number of nitrogens with two attached hydrogens (primary N) is 8. The van der Waals surface area contributed by atoms with E-state index in [-0.39, 0.29) is 29.9 Å². The van der Waals surface area contributed by atoms with Crippen LogP contribution in [0.25, 0.3) is 43.9 Å². The smallest absolute Gasteiger partial charge is 0.298 e. The molecule has 39 nitrogen and oxygen atoms in total. The van der Waals surface area contributed by atoms with Gasteiger partial charge in [0.25, 0.3) is 64.5 Å². The second-order valence-corrected chi connectivity index (χ2v) is 35.6. The fraction of sp³-hybridized carbons (Fsp3) is 0.231. The molecule has 27 N–H and O–H groups in total. The van der Waals surface area contributed by atoms with Crippen molar-refractivity contribution in [3.63, 3.8) is 0 Å². The van der Waals surface area contributed by atoms with Crippen LogP contribution in [0.1, 0.15) is 162 Å². The number of nitrogens with zero attached hydrogens (tertiary/aromatic N) is 1. The largest absolute Gasteiger partial charge is 0.490 e.